The average molecular weight is 1150 g/mol. The van der Waals surface area contributed by atoms with Crippen LogP contribution in [0.1, 0.15) is 41.0 Å². The number of benzene rings is 4. The van der Waals surface area contributed by atoms with Gasteiger partial charge >= 0.3 is 31.4 Å². The van der Waals surface area contributed by atoms with Crippen molar-refractivity contribution >= 4 is 74.9 Å². The van der Waals surface area contributed by atoms with Gasteiger partial charge in [-0.1, -0.05) is 72.8 Å². The zero-order chi connectivity index (χ0) is 52.1. The molecule has 0 spiro atoms. The van der Waals surface area contributed by atoms with Crippen molar-refractivity contribution in [3.8, 4) is 0 Å². The number of nitrogens with one attached hydrogen (secondary N) is 2. The molecule has 0 aliphatic heterocycles. The summed E-state index contributed by atoms with van der Waals surface area (Å²) in [5.41, 5.74) is -10.1. The predicted molar refractivity (Wildman–Crippen MR) is 258 cm³/mol. The van der Waals surface area contributed by atoms with E-state index < -0.39 is 47.1 Å². The Morgan fingerprint density at radius 1 is 0.500 bits per heavy atom. The van der Waals surface area contributed by atoms with E-state index in [0.717, 1.165) is 0 Å². The quantitative estimate of drug-likeness (QED) is 0.0485. The molecule has 0 radical (unpaired) electrons. The van der Waals surface area contributed by atoms with Gasteiger partial charge in [0, 0.05) is 45.3 Å². The van der Waals surface area contributed by atoms with Gasteiger partial charge < -0.3 is 24.5 Å². The molecule has 24 heteroatoms. The molecule has 0 saturated heterocycles. The number of amides is 2. The fraction of sp³-hybridized carbons (Fsp3) is 0.196. The maximum atomic E-state index is 10.9. The second-order valence-corrected chi connectivity index (χ2v) is 21.6. The van der Waals surface area contributed by atoms with E-state index in [9.17, 15) is 40.7 Å². The van der Waals surface area contributed by atoms with Crippen LogP contribution in [0.25, 0.3) is 0 Å². The first-order valence-electron chi connectivity index (χ1n) is 20.0. The Labute approximate surface area is 419 Å². The van der Waals surface area contributed by atoms with Crippen LogP contribution in [0.2, 0.25) is 0 Å². The van der Waals surface area contributed by atoms with E-state index in [4.69, 9.17) is 25.9 Å². The van der Waals surface area contributed by atoms with E-state index >= 15 is 0 Å². The maximum Gasteiger partial charge on any atom is 2.00 e. The van der Waals surface area contributed by atoms with E-state index in [1.807, 2.05) is 0 Å². The normalized spacial score (nSPS) is 10.7. The fourth-order valence-electron chi connectivity index (χ4n) is 5.19. The van der Waals surface area contributed by atoms with Crippen LogP contribution in [0.5, 0.6) is 0 Å². The van der Waals surface area contributed by atoms with E-state index in [-0.39, 0.29) is 38.0 Å². The molecule has 0 fully saturated rings. The van der Waals surface area contributed by atoms with Crippen LogP contribution >= 0.6 is 15.8 Å². The SMILES string of the molecule is CC(C)=O.CNC(=O)c1cccnc1.CNC(=O)c1cccnc1.O=S(=O)([O-])C(F)(F)F.O=S(=O)([O-])C(F)(F)F.[Pd+2].c1ccc([PH+](CCC[PH+](c2ccccc2)c2ccccc2)c2ccccc2)cc1. The topological polar surface area (TPSA) is 215 Å². The summed E-state index contributed by atoms with van der Waals surface area (Å²) >= 11 is 0. The number of carbonyl (C=O) groups excluding carboxylic acids is 3. The number of ketones is 1. The van der Waals surface area contributed by atoms with Gasteiger partial charge in [-0.15, -0.1) is 0 Å². The zero-order valence-electron chi connectivity index (χ0n) is 37.8. The van der Waals surface area contributed by atoms with E-state index in [2.05, 4.69) is 142 Å². The van der Waals surface area contributed by atoms with E-state index in [1.165, 1.54) is 66.2 Å². The smallest absolute Gasteiger partial charge is 0.741 e. The second-order valence-electron chi connectivity index (χ2n) is 13.6. The molecule has 2 heterocycles. The molecule has 2 aromatic heterocycles. The van der Waals surface area contributed by atoms with Crippen LogP contribution in [0.15, 0.2) is 170 Å². The Morgan fingerprint density at radius 3 is 0.900 bits per heavy atom. The first kappa shape index (κ1) is 64.7. The number of Topliss-reactive ketones (excluding diaryl/α,β-unsaturated/α-hetero) is 1. The van der Waals surface area contributed by atoms with Crippen LogP contribution in [0.4, 0.5) is 26.3 Å². The third-order valence-corrected chi connectivity index (χ3v) is 15.2. The van der Waals surface area contributed by atoms with Crippen molar-refractivity contribution in [1.29, 1.82) is 0 Å². The number of rotatable bonds is 10. The van der Waals surface area contributed by atoms with Crippen molar-refractivity contribution in [2.24, 2.45) is 0 Å². The van der Waals surface area contributed by atoms with Crippen LogP contribution in [-0.4, -0.2) is 90.9 Å². The minimum absolute atomic E-state index is 0. The molecule has 0 saturated carbocycles. The van der Waals surface area contributed by atoms with Gasteiger partial charge in [0.25, 0.3) is 11.8 Å². The largest absolute Gasteiger partial charge is 2.00 e. The first-order valence-corrected chi connectivity index (χ1v) is 26.3. The Balaban J connectivity index is 0.000000956. The fourth-order valence-corrected chi connectivity index (χ4v) is 10.8. The summed E-state index contributed by atoms with van der Waals surface area (Å²) in [7, 11) is -10.5. The number of alkyl halides is 6. The average Bonchev–Trinajstić information content (AvgIpc) is 3.32. The van der Waals surface area contributed by atoms with E-state index in [0.29, 0.717) is 11.1 Å². The predicted octanol–water partition coefficient (Wildman–Crippen LogP) is 6.68. The monoisotopic (exact) mass is 1150 g/mol. The molecule has 0 unspecified atom stereocenters. The van der Waals surface area contributed by atoms with Crippen LogP contribution in [0.3, 0.4) is 0 Å². The second kappa shape index (κ2) is 33.3. The van der Waals surface area contributed by atoms with Gasteiger partial charge in [0.2, 0.25) is 0 Å². The number of pyridine rings is 2. The molecule has 0 bridgehead atoms. The van der Waals surface area contributed by atoms with Crippen molar-refractivity contribution in [3.05, 3.63) is 182 Å². The molecule has 6 aromatic rings. The standard InChI is InChI=1S/C27H26P2.2C7H8N2O.C3H6O.2CHF3O3S.Pd/c1-5-14-24(15-6-1)28(25-16-7-2-8-17-25)22-13-23-29(26-18-9-3-10-19-26)27-20-11-4-12-21-27;2*1-8-7(10)6-3-2-4-9-5-6;1-3(2)4;2*2-1(3,4)8(5,6)7;/h1-12,14-21H,13,22-23H2;2*2-5H,1H3,(H,8,10);1-2H3;2*(H,5,6,7);/q;;;;;;+2. The third-order valence-electron chi connectivity index (χ3n) is 8.21. The zero-order valence-corrected chi connectivity index (χ0v) is 42.9. The van der Waals surface area contributed by atoms with Gasteiger partial charge in [-0.2, -0.15) is 26.3 Å². The molecule has 2 amide bonds. The van der Waals surface area contributed by atoms with Crippen molar-refractivity contribution in [3.63, 3.8) is 0 Å². The molecule has 6 rings (SSSR count). The number of carbonyl (C=O) groups is 3. The third kappa shape index (κ3) is 26.6. The van der Waals surface area contributed by atoms with Gasteiger partial charge in [0.05, 0.1) is 60.5 Å². The molecule has 70 heavy (non-hydrogen) atoms. The molecule has 0 aliphatic rings. The number of aromatic nitrogens is 2. The minimum Gasteiger partial charge on any atom is -0.741 e. The molecule has 2 N–H and O–H groups in total. The molecular weight excluding hydrogens is 1100 g/mol. The number of hydrogen-bond donors (Lipinski definition) is 2. The number of nitrogens with zero attached hydrogens (tertiary/aromatic N) is 2. The Hall–Kier alpha value is -5.29. The summed E-state index contributed by atoms with van der Waals surface area (Å²) in [5.74, 6) is -0.0406. The number of hydrogen-bond acceptors (Lipinski definition) is 11. The van der Waals surface area contributed by atoms with E-state index in [1.54, 1.807) is 50.8 Å². The van der Waals surface area contributed by atoms with Crippen molar-refractivity contribution < 1.29 is 87.1 Å². The van der Waals surface area contributed by atoms with Gasteiger partial charge in [0.1, 0.15) is 5.78 Å². The van der Waals surface area contributed by atoms with Crippen molar-refractivity contribution in [1.82, 2.24) is 20.6 Å². The van der Waals surface area contributed by atoms with Crippen LogP contribution < -0.4 is 31.9 Å². The molecule has 4 aromatic carbocycles. The van der Waals surface area contributed by atoms with Gasteiger partial charge in [-0.25, -0.2) is 16.8 Å². The summed E-state index contributed by atoms with van der Waals surface area (Å²) in [6.45, 7) is 3.06. The minimum atomic E-state index is -6.09. The molecule has 0 atom stereocenters. The molecule has 13 nitrogen and oxygen atoms in total. The van der Waals surface area contributed by atoms with Crippen molar-refractivity contribution in [2.75, 3.05) is 26.4 Å². The molecular formula is C46H50F6N4O9P2PdS2+2. The van der Waals surface area contributed by atoms with Gasteiger partial charge in [0.15, 0.2) is 20.2 Å². The summed E-state index contributed by atoms with van der Waals surface area (Å²) in [6, 6.07) is 51.4. The van der Waals surface area contributed by atoms with Crippen LogP contribution in [-0.2, 0) is 45.5 Å². The Morgan fingerprint density at radius 2 is 0.729 bits per heavy atom. The maximum absolute atomic E-state index is 10.9. The molecule has 0 aliphatic carbocycles. The van der Waals surface area contributed by atoms with Crippen LogP contribution in [0, 0.1) is 0 Å². The van der Waals surface area contributed by atoms with Crippen molar-refractivity contribution in [2.45, 2.75) is 31.3 Å². The Kier molecular flexibility index (Phi) is 30.8. The summed E-state index contributed by atoms with van der Waals surface area (Å²) in [6.07, 6.45) is 10.2. The number of halogens is 6. The summed E-state index contributed by atoms with van der Waals surface area (Å²) in [5, 5.41) is 11.1. The summed E-state index contributed by atoms with van der Waals surface area (Å²) < 4.78 is 118. The summed E-state index contributed by atoms with van der Waals surface area (Å²) in [4.78, 5) is 38.8. The Bertz CT molecular complexity index is 2360. The molecule has 380 valence electrons. The van der Waals surface area contributed by atoms with Gasteiger partial charge in [-0.3, -0.25) is 19.6 Å². The first-order chi connectivity index (χ1) is 32.3. The van der Waals surface area contributed by atoms with Gasteiger partial charge in [-0.05, 0) is 86.6 Å².